The average molecular weight is 609 g/mol. The van der Waals surface area contributed by atoms with Crippen LogP contribution in [0.25, 0.3) is 11.1 Å². The summed E-state index contributed by atoms with van der Waals surface area (Å²) in [7, 11) is -3.95. The Bertz CT molecular complexity index is 1630. The van der Waals surface area contributed by atoms with Gasteiger partial charge < -0.3 is 18.7 Å². The zero-order chi connectivity index (χ0) is 28.7. The molecule has 1 heterocycles. The maximum absolute atomic E-state index is 13.3. The molecule has 5 rings (SSSR count). The molecule has 3 aromatic carbocycles. The first-order valence-electron chi connectivity index (χ1n) is 12.4. The molecular weight excluding hydrogens is 583 g/mol. The minimum atomic E-state index is -5.35. The van der Waals surface area contributed by atoms with Gasteiger partial charge in [-0.1, -0.05) is 52.4 Å². The number of hydrogen-bond donors (Lipinski definition) is 0. The lowest BCUT2D eigenvalue weighted by atomic mass is 9.98. The smallest absolute Gasteiger partial charge is 0.448 e. The Morgan fingerprint density at radius 1 is 0.950 bits per heavy atom. The number of carbonyl (C=O) groups excluding carboxylic acids is 1. The highest BCUT2D eigenvalue weighted by Gasteiger charge is 2.31. The van der Waals surface area contributed by atoms with Gasteiger partial charge >= 0.3 is 16.6 Å². The minimum Gasteiger partial charge on any atom is -0.448 e. The Hall–Kier alpha value is -3.35. The van der Waals surface area contributed by atoms with E-state index in [1.54, 1.807) is 4.90 Å². The first kappa shape index (κ1) is 28.2. The molecular formula is C27H26ClFN2O7S2. The van der Waals surface area contributed by atoms with Gasteiger partial charge in [-0.2, -0.15) is 8.42 Å². The van der Waals surface area contributed by atoms with Gasteiger partial charge in [0.25, 0.3) is 0 Å². The van der Waals surface area contributed by atoms with Crippen LogP contribution in [0.1, 0.15) is 28.2 Å². The lowest BCUT2D eigenvalue weighted by Gasteiger charge is -2.36. The van der Waals surface area contributed by atoms with E-state index in [2.05, 4.69) is 16.3 Å². The van der Waals surface area contributed by atoms with Gasteiger partial charge in [-0.25, -0.2) is 13.2 Å². The normalized spacial score (nSPS) is 15.5. The third-order valence-corrected chi connectivity index (χ3v) is 8.52. The molecule has 1 aliphatic carbocycles. The number of carbonyl (C=O) groups is 1. The van der Waals surface area contributed by atoms with Crippen molar-refractivity contribution in [1.82, 2.24) is 4.90 Å². The second kappa shape index (κ2) is 10.9. The van der Waals surface area contributed by atoms with Crippen molar-refractivity contribution in [3.63, 3.8) is 0 Å². The van der Waals surface area contributed by atoms with E-state index >= 15 is 0 Å². The Morgan fingerprint density at radius 3 is 2.08 bits per heavy atom. The molecule has 0 unspecified atom stereocenters. The van der Waals surface area contributed by atoms with Gasteiger partial charge in [0, 0.05) is 54.0 Å². The molecule has 0 radical (unpaired) electrons. The molecule has 212 valence electrons. The van der Waals surface area contributed by atoms with Crippen LogP contribution in [-0.4, -0.2) is 60.6 Å². The highest BCUT2D eigenvalue weighted by atomic mass is 35.7. The van der Waals surface area contributed by atoms with E-state index in [4.69, 9.17) is 15.4 Å². The van der Waals surface area contributed by atoms with Gasteiger partial charge in [-0.15, -0.1) is 0 Å². The molecule has 0 atom stereocenters. The number of benzene rings is 3. The topological polar surface area (TPSA) is 110 Å². The van der Waals surface area contributed by atoms with Crippen LogP contribution in [0.2, 0.25) is 0 Å². The van der Waals surface area contributed by atoms with Crippen molar-refractivity contribution in [3.05, 3.63) is 82.9 Å². The van der Waals surface area contributed by atoms with E-state index in [1.165, 1.54) is 13.0 Å². The van der Waals surface area contributed by atoms with Gasteiger partial charge in [0.2, 0.25) is 9.05 Å². The number of nitrogens with zero attached hydrogens (tertiary/aromatic N) is 2. The molecule has 1 aliphatic heterocycles. The molecule has 0 bridgehead atoms. The third kappa shape index (κ3) is 6.18. The molecule has 40 heavy (non-hydrogen) atoms. The van der Waals surface area contributed by atoms with Crippen LogP contribution >= 0.6 is 10.7 Å². The van der Waals surface area contributed by atoms with Crippen LogP contribution in [0.5, 0.6) is 5.75 Å². The number of halogens is 2. The molecule has 0 spiro atoms. The standard InChI is InChI=1S/C27H26ClFN2O7S2/c1-18-25(14-19(17-39(28,33)34)15-26(18)38-40(29,35)36)30-10-12-31(13-11-30)27(32)37-16-24-22-8-4-2-6-20(22)21-7-3-5-9-23(21)24/h2-9,14-15,24H,10-13,16-17H2,1H3. The number of ether oxygens (including phenoxy) is 1. The fourth-order valence-corrected chi connectivity index (χ4v) is 6.68. The van der Waals surface area contributed by atoms with Crippen molar-refractivity contribution < 1.29 is 34.4 Å². The SMILES string of the molecule is Cc1c(OS(=O)(=O)F)cc(CS(=O)(=O)Cl)cc1N1CCN(C(=O)OCC2c3ccccc3-c3ccccc32)CC1. The molecule has 1 saturated heterocycles. The second-order valence-electron chi connectivity index (χ2n) is 9.68. The second-order valence-corrected chi connectivity index (χ2v) is 13.4. The molecule has 9 nitrogen and oxygen atoms in total. The first-order chi connectivity index (χ1) is 18.9. The summed E-state index contributed by atoms with van der Waals surface area (Å²) >= 11 is 0. The minimum absolute atomic E-state index is 0.0635. The van der Waals surface area contributed by atoms with E-state index in [0.717, 1.165) is 28.3 Å². The van der Waals surface area contributed by atoms with Gasteiger partial charge in [0.1, 0.15) is 6.61 Å². The van der Waals surface area contributed by atoms with Gasteiger partial charge in [-0.3, -0.25) is 0 Å². The Balaban J connectivity index is 1.27. The fourth-order valence-electron chi connectivity index (χ4n) is 5.35. The van der Waals surface area contributed by atoms with Crippen LogP contribution in [0.15, 0.2) is 60.7 Å². The van der Waals surface area contributed by atoms with Crippen LogP contribution in [-0.2, 0) is 30.0 Å². The predicted molar refractivity (Wildman–Crippen MR) is 149 cm³/mol. The summed E-state index contributed by atoms with van der Waals surface area (Å²) in [5, 5.41) is 0. The summed E-state index contributed by atoms with van der Waals surface area (Å²) in [5.41, 5.74) is 5.38. The maximum Gasteiger partial charge on any atom is 0.488 e. The number of fused-ring (bicyclic) bond motifs is 3. The molecule has 0 saturated carbocycles. The molecule has 3 aromatic rings. The zero-order valence-corrected chi connectivity index (χ0v) is 23.8. The Morgan fingerprint density at radius 2 is 1.52 bits per heavy atom. The summed E-state index contributed by atoms with van der Waals surface area (Å²) in [6.07, 6.45) is -0.451. The van der Waals surface area contributed by atoms with Crippen LogP contribution < -0.4 is 9.08 Å². The highest BCUT2D eigenvalue weighted by molar-refractivity contribution is 8.13. The lowest BCUT2D eigenvalue weighted by Crippen LogP contribution is -2.49. The Labute approximate surface area is 236 Å². The van der Waals surface area contributed by atoms with Crippen molar-refractivity contribution in [2.45, 2.75) is 18.6 Å². The predicted octanol–water partition coefficient (Wildman–Crippen LogP) is 4.73. The van der Waals surface area contributed by atoms with Crippen LogP contribution in [0, 0.1) is 6.92 Å². The van der Waals surface area contributed by atoms with Crippen molar-refractivity contribution in [3.8, 4) is 16.9 Å². The van der Waals surface area contributed by atoms with E-state index in [-0.39, 0.29) is 23.8 Å². The fraction of sp³-hybridized carbons (Fsp3) is 0.296. The van der Waals surface area contributed by atoms with E-state index in [9.17, 15) is 25.5 Å². The van der Waals surface area contributed by atoms with Crippen molar-refractivity contribution in [1.29, 1.82) is 0 Å². The highest BCUT2D eigenvalue weighted by Crippen LogP contribution is 2.44. The monoisotopic (exact) mass is 608 g/mol. The van der Waals surface area contributed by atoms with Crippen molar-refractivity contribution in [2.24, 2.45) is 0 Å². The summed E-state index contributed by atoms with van der Waals surface area (Å²) in [6, 6.07) is 18.8. The number of anilines is 1. The lowest BCUT2D eigenvalue weighted by molar-refractivity contribution is 0.0976. The van der Waals surface area contributed by atoms with E-state index in [1.807, 2.05) is 41.3 Å². The van der Waals surface area contributed by atoms with Gasteiger partial charge in [0.05, 0.1) is 5.75 Å². The Kier molecular flexibility index (Phi) is 7.68. The third-order valence-electron chi connectivity index (χ3n) is 7.14. The quantitative estimate of drug-likeness (QED) is 0.354. The summed E-state index contributed by atoms with van der Waals surface area (Å²) in [4.78, 5) is 16.4. The molecule has 0 N–H and O–H groups in total. The number of hydrogen-bond acceptors (Lipinski definition) is 8. The molecule has 1 amide bonds. The maximum atomic E-state index is 13.3. The van der Waals surface area contributed by atoms with Crippen molar-refractivity contribution >= 4 is 42.0 Å². The van der Waals surface area contributed by atoms with E-state index in [0.29, 0.717) is 37.4 Å². The molecule has 0 aromatic heterocycles. The summed E-state index contributed by atoms with van der Waals surface area (Å²) < 4.78 is 69.1. The number of piperazine rings is 1. The largest absolute Gasteiger partial charge is 0.488 e. The van der Waals surface area contributed by atoms with Crippen LogP contribution in [0.3, 0.4) is 0 Å². The molecule has 13 heteroatoms. The van der Waals surface area contributed by atoms with Crippen LogP contribution in [0.4, 0.5) is 14.4 Å². The first-order valence-corrected chi connectivity index (χ1v) is 16.2. The van der Waals surface area contributed by atoms with Gasteiger partial charge in [-0.05, 0) is 46.9 Å². The molecule has 1 fully saturated rings. The summed E-state index contributed by atoms with van der Waals surface area (Å²) in [6.45, 7) is 3.00. The van der Waals surface area contributed by atoms with E-state index < -0.39 is 31.4 Å². The van der Waals surface area contributed by atoms with Crippen molar-refractivity contribution in [2.75, 3.05) is 37.7 Å². The zero-order valence-electron chi connectivity index (χ0n) is 21.4. The average Bonchev–Trinajstić information content (AvgIpc) is 3.21. The molecule has 2 aliphatic rings. The van der Waals surface area contributed by atoms with Gasteiger partial charge in [0.15, 0.2) is 5.75 Å². The number of rotatable bonds is 7. The summed E-state index contributed by atoms with van der Waals surface area (Å²) in [5.74, 6) is -1.01. The number of amides is 1.